The fourth-order valence-corrected chi connectivity index (χ4v) is 7.82. The van der Waals surface area contributed by atoms with Gasteiger partial charge in [0.15, 0.2) is 5.72 Å². The summed E-state index contributed by atoms with van der Waals surface area (Å²) in [7, 11) is 8.82. The monoisotopic (exact) mass is 769 g/mol. The molecule has 2 fully saturated rings. The Labute approximate surface area is 312 Å². The van der Waals surface area contributed by atoms with Gasteiger partial charge in [0.25, 0.3) is 0 Å². The third-order valence-corrected chi connectivity index (χ3v) is 11.9. The number of benzene rings is 1. The smallest absolute Gasteiger partial charge is 0.409 e. The molecule has 4 bridgehead atoms. The number of esters is 1. The summed E-state index contributed by atoms with van der Waals surface area (Å²) in [4.78, 5) is 55.9. The molecule has 3 aliphatic rings. The molecule has 2 saturated heterocycles. The van der Waals surface area contributed by atoms with E-state index in [9.17, 15) is 24.3 Å². The van der Waals surface area contributed by atoms with Gasteiger partial charge in [-0.25, -0.2) is 9.59 Å². The highest BCUT2D eigenvalue weighted by atomic mass is 35.5. The maximum atomic E-state index is 14.1. The van der Waals surface area contributed by atoms with E-state index in [1.807, 2.05) is 19.3 Å². The summed E-state index contributed by atoms with van der Waals surface area (Å²) < 4.78 is 29.1. The number of allylic oxidation sites excluding steroid dienone is 3. The van der Waals surface area contributed by atoms with Gasteiger partial charge in [0.1, 0.15) is 40.7 Å². The standard InChI is InChI=1S/C35H48ClN3O10S2/c1-19-11-10-12-26(46-8)35(44)17-25(47-33(43)37-35)20(2)31-34(4,49-31)27(48-32(42)21(3)38(5)29(41)18-51-50-9)16-28(40)39(6)23-14-22(13-19)15-24(45-7)30(23)36/h10-12,14-15,20-21,25-27,31,44H,13,16-18H2,1-9H3,(H,37,43)/b12-10+,19-11-/t20-,21-,25+,26-,27+,31+,34+,35+/m1/s1. The molecule has 0 aromatic heterocycles. The van der Waals surface area contributed by atoms with Crippen LogP contribution in [-0.2, 0) is 39.8 Å². The molecule has 3 amide bonds. The van der Waals surface area contributed by atoms with E-state index in [1.54, 1.807) is 52.1 Å². The first kappa shape index (κ1) is 40.8. The van der Waals surface area contributed by atoms with Crippen molar-refractivity contribution in [3.63, 3.8) is 0 Å². The van der Waals surface area contributed by atoms with Crippen LogP contribution in [0.3, 0.4) is 0 Å². The van der Waals surface area contributed by atoms with Gasteiger partial charge in [-0.05, 0) is 51.1 Å². The van der Waals surface area contributed by atoms with Gasteiger partial charge in [-0.1, -0.05) is 63.9 Å². The second kappa shape index (κ2) is 16.8. The number of likely N-dealkylation sites (N-methyl/N-ethyl adjacent to an activating group) is 1. The van der Waals surface area contributed by atoms with Crippen LogP contribution < -0.4 is 15.0 Å². The average Bonchev–Trinajstić information content (AvgIpc) is 3.79. The SMILES string of the molecule is COc1cc2cc(c1Cl)N(C)C(=O)C[C@H](OC(=O)[C@@H](C)N(C)C(=O)CSSC)[C@]1(C)O[C@H]1[C@H](C)[C@@H]1C[C@@](O)(NC(=O)O1)[C@H](OC)/C=C/C=C(/C)C2. The van der Waals surface area contributed by atoms with Crippen molar-refractivity contribution in [1.82, 2.24) is 10.2 Å². The van der Waals surface area contributed by atoms with Crippen LogP contribution in [0.15, 0.2) is 35.9 Å². The van der Waals surface area contributed by atoms with Gasteiger partial charge in [0.05, 0.1) is 31.1 Å². The molecule has 2 N–H and O–H groups in total. The zero-order valence-corrected chi connectivity index (χ0v) is 32.8. The van der Waals surface area contributed by atoms with E-state index in [1.165, 1.54) is 52.7 Å². The normalized spacial score (nSPS) is 31.9. The highest BCUT2D eigenvalue weighted by Crippen LogP contribution is 2.49. The van der Waals surface area contributed by atoms with Crippen LogP contribution >= 0.6 is 33.2 Å². The van der Waals surface area contributed by atoms with E-state index in [0.29, 0.717) is 17.9 Å². The quantitative estimate of drug-likeness (QED) is 0.217. The van der Waals surface area contributed by atoms with Crippen molar-refractivity contribution in [2.24, 2.45) is 5.92 Å². The number of nitrogens with zero attached hydrogens (tertiary/aromatic N) is 2. The molecule has 3 heterocycles. The minimum Gasteiger partial charge on any atom is -0.495 e. The third kappa shape index (κ3) is 9.17. The van der Waals surface area contributed by atoms with E-state index in [4.69, 9.17) is 35.3 Å². The van der Waals surface area contributed by atoms with Gasteiger partial charge in [0.2, 0.25) is 11.8 Å². The van der Waals surface area contributed by atoms with E-state index >= 15 is 0 Å². The van der Waals surface area contributed by atoms with E-state index in [2.05, 4.69) is 5.32 Å². The molecule has 4 rings (SSSR count). The number of methoxy groups -OCH3 is 2. The molecular weight excluding hydrogens is 722 g/mol. The molecular formula is C35H48ClN3O10S2. The van der Waals surface area contributed by atoms with Crippen LogP contribution in [0.5, 0.6) is 5.75 Å². The summed E-state index contributed by atoms with van der Waals surface area (Å²) >= 11 is 6.74. The zero-order valence-electron chi connectivity index (χ0n) is 30.4. The number of hydrogen-bond donors (Lipinski definition) is 2. The fraction of sp³-hybridized carbons (Fsp3) is 0.600. The molecule has 1 aromatic carbocycles. The first-order chi connectivity index (χ1) is 24.0. The van der Waals surface area contributed by atoms with Crippen LogP contribution in [0.1, 0.15) is 46.1 Å². The molecule has 13 nitrogen and oxygen atoms in total. The minimum atomic E-state index is -1.82. The van der Waals surface area contributed by atoms with Gasteiger partial charge in [0, 0.05) is 33.5 Å². The summed E-state index contributed by atoms with van der Waals surface area (Å²) in [6.07, 6.45) is 2.85. The highest BCUT2D eigenvalue weighted by molar-refractivity contribution is 8.76. The Balaban J connectivity index is 1.76. The number of amides is 3. The van der Waals surface area contributed by atoms with E-state index in [-0.39, 0.29) is 29.5 Å². The average molecular weight is 770 g/mol. The molecule has 0 aliphatic carbocycles. The predicted molar refractivity (Wildman–Crippen MR) is 197 cm³/mol. The van der Waals surface area contributed by atoms with Gasteiger partial charge < -0.3 is 38.6 Å². The van der Waals surface area contributed by atoms with Crippen LogP contribution in [0.4, 0.5) is 10.5 Å². The van der Waals surface area contributed by atoms with Crippen molar-refractivity contribution < 1.29 is 48.0 Å². The summed E-state index contributed by atoms with van der Waals surface area (Å²) in [5.41, 5.74) is -0.888. The van der Waals surface area contributed by atoms with Gasteiger partial charge in [-0.2, -0.15) is 0 Å². The molecule has 16 heteroatoms. The molecule has 0 spiro atoms. The van der Waals surface area contributed by atoms with Crippen molar-refractivity contribution in [1.29, 1.82) is 0 Å². The highest BCUT2D eigenvalue weighted by Gasteiger charge is 2.64. The second-order valence-electron chi connectivity index (χ2n) is 13.3. The largest absolute Gasteiger partial charge is 0.495 e. The van der Waals surface area contributed by atoms with Crippen molar-refractivity contribution in [2.75, 3.05) is 45.2 Å². The fourth-order valence-electron chi connectivity index (χ4n) is 6.43. The van der Waals surface area contributed by atoms with Crippen LogP contribution in [-0.4, -0.2) is 116 Å². The Bertz CT molecular complexity index is 1560. The first-order valence-corrected chi connectivity index (χ1v) is 19.6. The van der Waals surface area contributed by atoms with Crippen molar-refractivity contribution in [3.8, 4) is 5.75 Å². The lowest BCUT2D eigenvalue weighted by atomic mass is 9.83. The summed E-state index contributed by atoms with van der Waals surface area (Å²) in [5, 5.41) is 14.4. The number of rotatable bonds is 8. The number of ether oxygens (including phenoxy) is 5. The Morgan fingerprint density at radius 3 is 2.63 bits per heavy atom. The second-order valence-corrected chi connectivity index (χ2v) is 16.3. The number of epoxide rings is 1. The maximum Gasteiger partial charge on any atom is 0.409 e. The van der Waals surface area contributed by atoms with Gasteiger partial charge in [-0.3, -0.25) is 14.9 Å². The molecule has 0 saturated carbocycles. The predicted octanol–water partition coefficient (Wildman–Crippen LogP) is 4.53. The van der Waals surface area contributed by atoms with Crippen LogP contribution in [0.25, 0.3) is 0 Å². The number of carbonyl (C=O) groups excluding carboxylic acids is 4. The lowest BCUT2D eigenvalue weighted by molar-refractivity contribution is -0.161. The number of nitrogens with one attached hydrogen (secondary N) is 1. The van der Waals surface area contributed by atoms with Crippen molar-refractivity contribution >= 4 is 62.8 Å². The lowest BCUT2D eigenvalue weighted by Crippen LogP contribution is -2.63. The van der Waals surface area contributed by atoms with Crippen LogP contribution in [0, 0.1) is 5.92 Å². The summed E-state index contributed by atoms with van der Waals surface area (Å²) in [6.45, 7) is 7.00. The summed E-state index contributed by atoms with van der Waals surface area (Å²) in [6, 6.07) is 2.62. The van der Waals surface area contributed by atoms with Crippen molar-refractivity contribution in [3.05, 3.63) is 46.5 Å². The Morgan fingerprint density at radius 2 is 1.98 bits per heavy atom. The van der Waals surface area contributed by atoms with E-state index in [0.717, 1.165) is 11.1 Å². The number of hydrogen-bond acceptors (Lipinski definition) is 12. The zero-order chi connectivity index (χ0) is 37.8. The number of alkyl carbamates (subject to hydrolysis) is 1. The maximum absolute atomic E-state index is 14.1. The molecule has 8 atom stereocenters. The molecule has 3 aliphatic heterocycles. The number of halogens is 1. The number of fused-ring (bicyclic) bond motifs is 5. The number of carbonyl (C=O) groups is 4. The van der Waals surface area contributed by atoms with Crippen LogP contribution in [0.2, 0.25) is 5.02 Å². The molecule has 51 heavy (non-hydrogen) atoms. The Kier molecular flexibility index (Phi) is 13.5. The number of aliphatic hydroxyl groups is 1. The molecule has 0 unspecified atom stereocenters. The number of anilines is 1. The van der Waals surface area contributed by atoms with Gasteiger partial charge in [-0.15, -0.1) is 0 Å². The molecule has 1 aromatic rings. The minimum absolute atomic E-state index is 0.0460. The van der Waals surface area contributed by atoms with Crippen molar-refractivity contribution in [2.45, 2.75) is 88.7 Å². The molecule has 0 radical (unpaired) electrons. The van der Waals surface area contributed by atoms with Gasteiger partial charge >= 0.3 is 12.1 Å². The van der Waals surface area contributed by atoms with E-state index < -0.39 is 65.7 Å². The lowest BCUT2D eigenvalue weighted by Gasteiger charge is -2.42. The molecule has 282 valence electrons. The third-order valence-electron chi connectivity index (χ3n) is 9.82. The summed E-state index contributed by atoms with van der Waals surface area (Å²) in [5.74, 6) is -1.38. The Morgan fingerprint density at radius 1 is 1.27 bits per heavy atom. The first-order valence-electron chi connectivity index (χ1n) is 16.5. The topological polar surface area (TPSA) is 156 Å². The Hall–Kier alpha value is -2.95.